The third-order valence-corrected chi connectivity index (χ3v) is 2.50. The smallest absolute Gasteiger partial charge is 0.339 e. The molecule has 1 aromatic rings. The van der Waals surface area contributed by atoms with Crippen LogP contribution in [0.15, 0.2) is 28.4 Å². The minimum atomic E-state index is -1.17. The number of fused-ring (bicyclic) bond motifs is 1. The molecule has 0 saturated carbocycles. The number of halogens is 1. The topological polar surface area (TPSA) is 59.3 Å². The molecule has 0 fully saturated rings. The molecule has 1 aromatic heterocycles. The van der Waals surface area contributed by atoms with Gasteiger partial charge in [0, 0.05) is 17.2 Å². The standard InChI is InChI=1S/C9H6BrNO3/c10-5-3-7-8(12)6(9(13)14)1-2-11(7)4-5/h1,3-4H,2H2,(H,13,14). The van der Waals surface area contributed by atoms with Crippen LogP contribution in [0.25, 0.3) is 0 Å². The van der Waals surface area contributed by atoms with E-state index in [1.807, 2.05) is 0 Å². The van der Waals surface area contributed by atoms with E-state index < -0.39 is 11.8 Å². The predicted molar refractivity (Wildman–Crippen MR) is 52.2 cm³/mol. The zero-order valence-corrected chi connectivity index (χ0v) is 8.61. The van der Waals surface area contributed by atoms with E-state index in [-0.39, 0.29) is 5.57 Å². The molecule has 0 saturated heterocycles. The zero-order valence-electron chi connectivity index (χ0n) is 7.03. The first-order valence-corrected chi connectivity index (χ1v) is 4.72. The van der Waals surface area contributed by atoms with E-state index >= 15 is 0 Å². The highest BCUT2D eigenvalue weighted by molar-refractivity contribution is 9.10. The van der Waals surface area contributed by atoms with E-state index in [0.717, 1.165) is 4.47 Å². The average molecular weight is 256 g/mol. The molecule has 0 aromatic carbocycles. The minimum Gasteiger partial charge on any atom is -0.478 e. The molecule has 1 aliphatic rings. The van der Waals surface area contributed by atoms with Gasteiger partial charge in [-0.25, -0.2) is 4.79 Å². The lowest BCUT2D eigenvalue weighted by Crippen LogP contribution is -2.21. The molecule has 5 heteroatoms. The van der Waals surface area contributed by atoms with Crippen molar-refractivity contribution in [2.24, 2.45) is 0 Å². The van der Waals surface area contributed by atoms with Crippen LogP contribution in [0.5, 0.6) is 0 Å². The van der Waals surface area contributed by atoms with Crippen LogP contribution in [0.2, 0.25) is 0 Å². The molecule has 0 aliphatic carbocycles. The van der Waals surface area contributed by atoms with Crippen molar-refractivity contribution >= 4 is 27.7 Å². The minimum absolute atomic E-state index is 0.150. The van der Waals surface area contributed by atoms with E-state index in [1.54, 1.807) is 16.8 Å². The van der Waals surface area contributed by atoms with Crippen LogP contribution in [-0.2, 0) is 11.3 Å². The van der Waals surface area contributed by atoms with Crippen LogP contribution in [-0.4, -0.2) is 21.4 Å². The number of allylic oxidation sites excluding steroid dienone is 1. The van der Waals surface area contributed by atoms with Gasteiger partial charge in [-0.15, -0.1) is 0 Å². The molecule has 0 atom stereocenters. The second kappa shape index (κ2) is 3.09. The number of nitrogens with zero attached hydrogens (tertiary/aromatic N) is 1. The number of Topliss-reactive ketones (excluding diaryl/α,β-unsaturated/α-hetero) is 1. The molecule has 1 N–H and O–H groups in total. The lowest BCUT2D eigenvalue weighted by Gasteiger charge is -2.11. The Morgan fingerprint density at radius 1 is 1.57 bits per heavy atom. The Hall–Kier alpha value is -1.36. The Bertz CT molecular complexity index is 459. The molecule has 0 amide bonds. The summed E-state index contributed by atoms with van der Waals surface area (Å²) in [5.74, 6) is -1.60. The molecular weight excluding hydrogens is 250 g/mol. The van der Waals surface area contributed by atoms with Crippen LogP contribution >= 0.6 is 15.9 Å². The van der Waals surface area contributed by atoms with Crippen LogP contribution in [0.1, 0.15) is 10.5 Å². The fourth-order valence-corrected chi connectivity index (χ4v) is 1.88. The number of rotatable bonds is 1. The third-order valence-electron chi connectivity index (χ3n) is 2.06. The van der Waals surface area contributed by atoms with Gasteiger partial charge in [-0.3, -0.25) is 4.79 Å². The predicted octanol–water partition coefficient (Wildman–Crippen LogP) is 1.46. The Balaban J connectivity index is 2.48. The number of hydrogen-bond acceptors (Lipinski definition) is 2. The molecule has 72 valence electrons. The molecule has 0 spiro atoms. The summed E-state index contributed by atoms with van der Waals surface area (Å²) in [5.41, 5.74) is 0.264. The number of hydrogen-bond donors (Lipinski definition) is 1. The van der Waals surface area contributed by atoms with Crippen molar-refractivity contribution < 1.29 is 14.7 Å². The summed E-state index contributed by atoms with van der Waals surface area (Å²) in [5, 5.41) is 8.73. The normalized spacial score (nSPS) is 14.9. The Morgan fingerprint density at radius 3 is 2.93 bits per heavy atom. The number of carbonyl (C=O) groups excluding carboxylic acids is 1. The summed E-state index contributed by atoms with van der Waals surface area (Å²) >= 11 is 3.23. The first-order valence-electron chi connectivity index (χ1n) is 3.93. The van der Waals surface area contributed by atoms with E-state index in [4.69, 9.17) is 5.11 Å². The quantitative estimate of drug-likeness (QED) is 0.774. The number of carboxylic acid groups (broad SMARTS) is 1. The lowest BCUT2D eigenvalue weighted by molar-refractivity contribution is -0.132. The maximum absolute atomic E-state index is 11.6. The molecule has 4 nitrogen and oxygen atoms in total. The van der Waals surface area contributed by atoms with E-state index in [2.05, 4.69) is 15.9 Å². The number of carbonyl (C=O) groups is 2. The number of aliphatic carboxylic acids is 1. The number of ketones is 1. The second-order valence-corrected chi connectivity index (χ2v) is 3.86. The fraction of sp³-hybridized carbons (Fsp3) is 0.111. The van der Waals surface area contributed by atoms with Gasteiger partial charge < -0.3 is 9.67 Å². The highest BCUT2D eigenvalue weighted by Crippen LogP contribution is 2.21. The Kier molecular flexibility index (Phi) is 2.03. The summed E-state index contributed by atoms with van der Waals surface area (Å²) in [7, 11) is 0. The molecule has 0 radical (unpaired) electrons. The van der Waals surface area contributed by atoms with E-state index in [0.29, 0.717) is 12.2 Å². The average Bonchev–Trinajstić information content (AvgIpc) is 2.46. The van der Waals surface area contributed by atoms with Gasteiger partial charge in [-0.2, -0.15) is 0 Å². The maximum Gasteiger partial charge on any atom is 0.339 e. The summed E-state index contributed by atoms with van der Waals surface area (Å²) < 4.78 is 2.49. The molecule has 14 heavy (non-hydrogen) atoms. The van der Waals surface area contributed by atoms with Gasteiger partial charge in [0.15, 0.2) is 0 Å². The summed E-state index contributed by atoms with van der Waals surface area (Å²) in [6, 6.07) is 1.62. The molecule has 2 rings (SSSR count). The summed E-state index contributed by atoms with van der Waals surface area (Å²) in [4.78, 5) is 22.3. The van der Waals surface area contributed by atoms with E-state index in [1.165, 1.54) is 6.08 Å². The van der Waals surface area contributed by atoms with Gasteiger partial charge in [-0.1, -0.05) is 0 Å². The lowest BCUT2D eigenvalue weighted by atomic mass is 10.1. The van der Waals surface area contributed by atoms with Gasteiger partial charge in [-0.05, 0) is 28.1 Å². The van der Waals surface area contributed by atoms with Crippen molar-refractivity contribution in [3.8, 4) is 0 Å². The molecular formula is C9H6BrNO3. The Morgan fingerprint density at radius 2 is 2.29 bits per heavy atom. The molecule has 2 heterocycles. The van der Waals surface area contributed by atoms with Gasteiger partial charge in [0.1, 0.15) is 5.57 Å². The van der Waals surface area contributed by atoms with Crippen molar-refractivity contribution in [1.82, 2.24) is 4.57 Å². The highest BCUT2D eigenvalue weighted by Gasteiger charge is 2.25. The first-order chi connectivity index (χ1) is 6.59. The monoisotopic (exact) mass is 255 g/mol. The first kappa shape index (κ1) is 9.21. The molecule has 0 bridgehead atoms. The third kappa shape index (κ3) is 1.29. The largest absolute Gasteiger partial charge is 0.478 e. The van der Waals surface area contributed by atoms with Gasteiger partial charge >= 0.3 is 5.97 Å². The van der Waals surface area contributed by atoms with Crippen LogP contribution in [0.4, 0.5) is 0 Å². The van der Waals surface area contributed by atoms with Gasteiger partial charge in [0.05, 0.1) is 5.69 Å². The number of aromatic nitrogens is 1. The zero-order chi connectivity index (χ0) is 10.3. The maximum atomic E-state index is 11.6. The summed E-state index contributed by atoms with van der Waals surface area (Å²) in [6.07, 6.45) is 3.17. The van der Waals surface area contributed by atoms with Crippen LogP contribution in [0, 0.1) is 0 Å². The van der Waals surface area contributed by atoms with Crippen molar-refractivity contribution in [1.29, 1.82) is 0 Å². The van der Waals surface area contributed by atoms with Crippen molar-refractivity contribution in [2.45, 2.75) is 6.54 Å². The highest BCUT2D eigenvalue weighted by atomic mass is 79.9. The Labute approximate surface area is 88.0 Å². The SMILES string of the molecule is O=C(O)C1=CCn2cc(Br)cc2C1=O. The summed E-state index contributed by atoms with van der Waals surface area (Å²) in [6.45, 7) is 0.425. The van der Waals surface area contributed by atoms with Crippen LogP contribution in [0.3, 0.4) is 0 Å². The van der Waals surface area contributed by atoms with Crippen molar-refractivity contribution in [3.05, 3.63) is 34.1 Å². The second-order valence-electron chi connectivity index (χ2n) is 2.95. The van der Waals surface area contributed by atoms with Gasteiger partial charge in [0.25, 0.3) is 0 Å². The molecule has 0 unspecified atom stereocenters. The fourth-order valence-electron chi connectivity index (χ4n) is 1.42. The van der Waals surface area contributed by atoms with E-state index in [9.17, 15) is 9.59 Å². The van der Waals surface area contributed by atoms with Crippen LogP contribution < -0.4 is 0 Å². The van der Waals surface area contributed by atoms with Crippen molar-refractivity contribution in [3.63, 3.8) is 0 Å². The van der Waals surface area contributed by atoms with Crippen molar-refractivity contribution in [2.75, 3.05) is 0 Å². The number of carboxylic acids is 1. The molecule has 1 aliphatic heterocycles. The van der Waals surface area contributed by atoms with Gasteiger partial charge in [0.2, 0.25) is 5.78 Å².